The van der Waals surface area contributed by atoms with Crippen LogP contribution in [0.3, 0.4) is 0 Å². The van der Waals surface area contributed by atoms with Crippen molar-refractivity contribution >= 4 is 27.7 Å². The average Bonchev–Trinajstić information content (AvgIpc) is 2.25. The number of aryl methyl sites for hydroxylation is 2. The monoisotopic (exact) mass is 351 g/mol. The maximum absolute atomic E-state index is 4.64. The Kier molecular flexibility index (Phi) is 4.49. The van der Waals surface area contributed by atoms with Gasteiger partial charge in [0.15, 0.2) is 0 Å². The van der Waals surface area contributed by atoms with Gasteiger partial charge in [-0.15, -0.1) is 0 Å². The molecule has 0 aromatic carbocycles. The lowest BCUT2D eigenvalue weighted by molar-refractivity contribution is 0.536. The maximum Gasteiger partial charge on any atom is 0.136 e. The fourth-order valence-corrected chi connectivity index (χ4v) is 3.24. The molecule has 2 rings (SSSR count). The van der Waals surface area contributed by atoms with Crippen LogP contribution < -0.4 is 0 Å². The van der Waals surface area contributed by atoms with Crippen LogP contribution in [0.15, 0.2) is 32.9 Å². The van der Waals surface area contributed by atoms with Crippen LogP contribution in [0.1, 0.15) is 37.9 Å². The summed E-state index contributed by atoms with van der Waals surface area (Å²) in [5.41, 5.74) is 2.16. The molecule has 0 amide bonds. The Labute approximate surface area is 132 Å². The summed E-state index contributed by atoms with van der Waals surface area (Å²) >= 11 is 5.03. The zero-order chi connectivity index (χ0) is 14.9. The van der Waals surface area contributed by atoms with E-state index in [9.17, 15) is 0 Å². The highest BCUT2D eigenvalue weighted by atomic mass is 79.9. The summed E-state index contributed by atoms with van der Waals surface area (Å²) in [6.07, 6.45) is 0. The largest absolute Gasteiger partial charge is 0.246 e. The summed E-state index contributed by atoms with van der Waals surface area (Å²) in [7, 11) is 0. The topological polar surface area (TPSA) is 38.7 Å². The van der Waals surface area contributed by atoms with Crippen LogP contribution in [0.4, 0.5) is 0 Å². The van der Waals surface area contributed by atoms with Gasteiger partial charge in [0.1, 0.15) is 20.5 Å². The van der Waals surface area contributed by atoms with Crippen LogP contribution in [0, 0.1) is 13.8 Å². The predicted molar refractivity (Wildman–Crippen MR) is 86.3 cm³/mol. The number of halogens is 1. The van der Waals surface area contributed by atoms with Gasteiger partial charge in [-0.3, -0.25) is 0 Å². The predicted octanol–water partition coefficient (Wildman–Crippen LogP) is 4.70. The first kappa shape index (κ1) is 15.4. The van der Waals surface area contributed by atoms with Gasteiger partial charge in [0.05, 0.1) is 0 Å². The van der Waals surface area contributed by atoms with Crippen molar-refractivity contribution in [2.75, 3.05) is 0 Å². The van der Waals surface area contributed by atoms with Crippen LogP contribution in [0.5, 0.6) is 0 Å². The highest BCUT2D eigenvalue weighted by molar-refractivity contribution is 9.10. The molecule has 0 saturated carbocycles. The van der Waals surface area contributed by atoms with E-state index in [-0.39, 0.29) is 5.41 Å². The van der Waals surface area contributed by atoms with Gasteiger partial charge in [-0.1, -0.05) is 20.8 Å². The first-order chi connectivity index (χ1) is 9.24. The van der Waals surface area contributed by atoms with Crippen LogP contribution >= 0.6 is 27.7 Å². The molecule has 20 heavy (non-hydrogen) atoms. The Morgan fingerprint density at radius 1 is 0.950 bits per heavy atom. The fourth-order valence-electron chi connectivity index (χ4n) is 1.75. The summed E-state index contributed by atoms with van der Waals surface area (Å²) < 4.78 is 0.810. The highest BCUT2D eigenvalue weighted by Gasteiger charge is 2.19. The molecule has 0 atom stereocenters. The highest BCUT2D eigenvalue weighted by Crippen LogP contribution is 2.29. The molecule has 106 valence electrons. The second kappa shape index (κ2) is 5.82. The van der Waals surface area contributed by atoms with Crippen molar-refractivity contribution in [3.05, 3.63) is 39.9 Å². The minimum absolute atomic E-state index is 0.0744. The number of rotatable bonds is 2. The number of pyridine rings is 1. The number of hydrogen-bond donors (Lipinski definition) is 0. The van der Waals surface area contributed by atoms with Gasteiger partial charge in [0, 0.05) is 17.2 Å². The SMILES string of the molecule is Cc1cc(C)nc(Sc2cc(Br)nc(C(C)(C)C)n2)c1. The summed E-state index contributed by atoms with van der Waals surface area (Å²) in [5, 5.41) is 1.88. The first-order valence-corrected chi connectivity index (χ1v) is 8.03. The molecule has 2 aromatic rings. The molecule has 0 N–H and O–H groups in total. The zero-order valence-electron chi connectivity index (χ0n) is 12.4. The van der Waals surface area contributed by atoms with Crippen molar-refractivity contribution in [3.63, 3.8) is 0 Å². The fraction of sp³-hybridized carbons (Fsp3) is 0.400. The molecule has 0 aliphatic heterocycles. The summed E-state index contributed by atoms with van der Waals surface area (Å²) in [6, 6.07) is 6.07. The van der Waals surface area contributed by atoms with E-state index in [1.807, 2.05) is 13.0 Å². The third kappa shape index (κ3) is 4.03. The average molecular weight is 352 g/mol. The molecule has 3 nitrogen and oxygen atoms in total. The molecule has 5 heteroatoms. The number of hydrogen-bond acceptors (Lipinski definition) is 4. The molecule has 2 heterocycles. The second-order valence-electron chi connectivity index (χ2n) is 5.83. The van der Waals surface area contributed by atoms with Crippen molar-refractivity contribution in [1.82, 2.24) is 15.0 Å². The number of aromatic nitrogens is 3. The van der Waals surface area contributed by atoms with Gasteiger partial charge in [-0.2, -0.15) is 0 Å². The van der Waals surface area contributed by atoms with E-state index in [1.54, 1.807) is 11.8 Å². The quantitative estimate of drug-likeness (QED) is 0.735. The standard InChI is InChI=1S/C15H18BrN3S/c1-9-6-10(2)17-12(7-9)20-13-8-11(16)18-14(19-13)15(3,4)5/h6-8H,1-5H3. The van der Waals surface area contributed by atoms with E-state index >= 15 is 0 Å². The van der Waals surface area contributed by atoms with Crippen molar-refractivity contribution in [2.45, 2.75) is 50.1 Å². The molecule has 0 bridgehead atoms. The van der Waals surface area contributed by atoms with Gasteiger partial charge in [-0.25, -0.2) is 15.0 Å². The smallest absolute Gasteiger partial charge is 0.136 e. The van der Waals surface area contributed by atoms with E-state index in [4.69, 9.17) is 0 Å². The molecule has 0 unspecified atom stereocenters. The van der Waals surface area contributed by atoms with Gasteiger partial charge < -0.3 is 0 Å². The minimum atomic E-state index is -0.0744. The third-order valence-corrected chi connectivity index (χ3v) is 3.87. The van der Waals surface area contributed by atoms with Gasteiger partial charge in [-0.05, 0) is 59.2 Å². The Morgan fingerprint density at radius 3 is 2.20 bits per heavy atom. The van der Waals surface area contributed by atoms with Gasteiger partial charge in [0.2, 0.25) is 0 Å². The lowest BCUT2D eigenvalue weighted by Gasteiger charge is -2.17. The Morgan fingerprint density at radius 2 is 1.60 bits per heavy atom. The van der Waals surface area contributed by atoms with E-state index in [0.29, 0.717) is 0 Å². The van der Waals surface area contributed by atoms with Crippen molar-refractivity contribution in [1.29, 1.82) is 0 Å². The Hall–Kier alpha value is -0.940. The van der Waals surface area contributed by atoms with Gasteiger partial charge in [0.25, 0.3) is 0 Å². The summed E-state index contributed by atoms with van der Waals surface area (Å²) in [4.78, 5) is 13.6. The lowest BCUT2D eigenvalue weighted by atomic mass is 9.96. The Bertz CT molecular complexity index is 615. The normalized spacial score (nSPS) is 11.7. The molecular formula is C15H18BrN3S. The van der Waals surface area contributed by atoms with Crippen LogP contribution in [0.2, 0.25) is 0 Å². The zero-order valence-corrected chi connectivity index (χ0v) is 14.8. The molecular weight excluding hydrogens is 334 g/mol. The van der Waals surface area contributed by atoms with Crippen LogP contribution in [-0.4, -0.2) is 15.0 Å². The minimum Gasteiger partial charge on any atom is -0.246 e. The van der Waals surface area contributed by atoms with Crippen LogP contribution in [0.25, 0.3) is 0 Å². The summed E-state index contributed by atoms with van der Waals surface area (Å²) in [6.45, 7) is 10.4. The third-order valence-electron chi connectivity index (χ3n) is 2.63. The Balaban J connectivity index is 2.36. The first-order valence-electron chi connectivity index (χ1n) is 6.42. The molecule has 0 aliphatic rings. The van der Waals surface area contributed by atoms with Crippen molar-refractivity contribution in [3.8, 4) is 0 Å². The lowest BCUT2D eigenvalue weighted by Crippen LogP contribution is -2.16. The molecule has 0 aliphatic carbocycles. The van der Waals surface area contributed by atoms with Gasteiger partial charge >= 0.3 is 0 Å². The second-order valence-corrected chi connectivity index (χ2v) is 7.68. The summed E-state index contributed by atoms with van der Waals surface area (Å²) in [5.74, 6) is 0.832. The van der Waals surface area contributed by atoms with E-state index in [2.05, 4.69) is 70.7 Å². The number of nitrogens with zero attached hydrogens (tertiary/aromatic N) is 3. The van der Waals surface area contributed by atoms with E-state index in [0.717, 1.165) is 26.2 Å². The molecule has 0 fully saturated rings. The maximum atomic E-state index is 4.64. The van der Waals surface area contributed by atoms with Crippen LogP contribution in [-0.2, 0) is 5.41 Å². The van der Waals surface area contributed by atoms with E-state index < -0.39 is 0 Å². The molecule has 2 aromatic heterocycles. The van der Waals surface area contributed by atoms with Crippen molar-refractivity contribution in [2.24, 2.45) is 0 Å². The van der Waals surface area contributed by atoms with Crippen molar-refractivity contribution < 1.29 is 0 Å². The molecule has 0 radical (unpaired) electrons. The molecule has 0 spiro atoms. The van der Waals surface area contributed by atoms with E-state index in [1.165, 1.54) is 5.56 Å². The molecule has 0 saturated heterocycles.